The van der Waals surface area contributed by atoms with Gasteiger partial charge in [0, 0.05) is 16.8 Å². The Hall–Kier alpha value is -0.800. The zero-order valence-electron chi connectivity index (χ0n) is 9.46. The molecule has 0 aliphatic rings. The average Bonchev–Trinajstić information content (AvgIpc) is 2.73. The van der Waals surface area contributed by atoms with Gasteiger partial charge in [-0.15, -0.1) is 11.6 Å². The maximum absolute atomic E-state index is 6.00. The Bertz CT molecular complexity index is 477. The van der Waals surface area contributed by atoms with Crippen LogP contribution >= 0.6 is 23.1 Å². The van der Waals surface area contributed by atoms with E-state index in [2.05, 4.69) is 29.6 Å². The van der Waals surface area contributed by atoms with Crippen LogP contribution in [0.2, 0.25) is 0 Å². The molecule has 0 saturated heterocycles. The molecule has 0 saturated carbocycles. The van der Waals surface area contributed by atoms with E-state index in [1.807, 2.05) is 18.2 Å². The molecule has 2 aromatic rings. The first-order valence-corrected chi connectivity index (χ1v) is 6.68. The van der Waals surface area contributed by atoms with Gasteiger partial charge >= 0.3 is 0 Å². The topological polar surface area (TPSA) is 24.9 Å². The molecule has 4 heteroatoms. The first-order valence-electron chi connectivity index (χ1n) is 5.37. The number of benzene rings is 1. The highest BCUT2D eigenvalue weighted by molar-refractivity contribution is 7.11. The first kappa shape index (κ1) is 11.7. The van der Waals surface area contributed by atoms with Gasteiger partial charge in [0.1, 0.15) is 5.00 Å². The summed E-state index contributed by atoms with van der Waals surface area (Å²) in [5.74, 6) is 0.593. The monoisotopic (exact) mass is 254 g/mol. The van der Waals surface area contributed by atoms with Gasteiger partial charge in [-0.1, -0.05) is 19.1 Å². The molecular weight excluding hydrogens is 240 g/mol. The molecule has 2 nitrogen and oxygen atoms in total. The van der Waals surface area contributed by atoms with Crippen molar-refractivity contribution in [2.45, 2.75) is 25.8 Å². The van der Waals surface area contributed by atoms with E-state index in [9.17, 15) is 0 Å². The first-order chi connectivity index (χ1) is 7.68. The van der Waals surface area contributed by atoms with Gasteiger partial charge in [0.25, 0.3) is 0 Å². The maximum Gasteiger partial charge on any atom is 0.117 e. The van der Waals surface area contributed by atoms with Gasteiger partial charge in [0.15, 0.2) is 0 Å². The third kappa shape index (κ3) is 2.15. The minimum absolute atomic E-state index is 0.0587. The Labute approximate surface area is 105 Å². The van der Waals surface area contributed by atoms with Crippen LogP contribution in [-0.2, 0) is 0 Å². The number of nitrogens with zero attached hydrogens (tertiary/aromatic N) is 1. The van der Waals surface area contributed by atoms with Gasteiger partial charge in [0.2, 0.25) is 0 Å². The van der Waals surface area contributed by atoms with Crippen LogP contribution in [0.1, 0.15) is 20.3 Å². The van der Waals surface area contributed by atoms with Crippen LogP contribution in [0.5, 0.6) is 0 Å². The van der Waals surface area contributed by atoms with Gasteiger partial charge in [-0.2, -0.15) is 4.37 Å². The summed E-state index contributed by atoms with van der Waals surface area (Å²) < 4.78 is 4.41. The summed E-state index contributed by atoms with van der Waals surface area (Å²) in [6.45, 7) is 4.27. The standard InChI is InChI=1S/C12H15ClN2S/c1-3-12(2,8-13)14-11-9-6-4-5-7-10(9)15-16-11/h4-7,14H,3,8H2,1-2H3. The number of hydrogen-bond donors (Lipinski definition) is 1. The van der Waals surface area contributed by atoms with Crippen molar-refractivity contribution in [3.63, 3.8) is 0 Å². The Morgan fingerprint density at radius 3 is 2.88 bits per heavy atom. The molecule has 1 heterocycles. The summed E-state index contributed by atoms with van der Waals surface area (Å²) in [6, 6.07) is 8.16. The van der Waals surface area contributed by atoms with E-state index in [-0.39, 0.29) is 5.54 Å². The predicted molar refractivity (Wildman–Crippen MR) is 72.7 cm³/mol. The molecule has 0 amide bonds. The lowest BCUT2D eigenvalue weighted by molar-refractivity contribution is 0.556. The molecule has 1 unspecified atom stereocenters. The number of fused-ring (bicyclic) bond motifs is 1. The van der Waals surface area contributed by atoms with Gasteiger partial charge in [-0.25, -0.2) is 0 Å². The highest BCUT2D eigenvalue weighted by Crippen LogP contribution is 2.31. The molecule has 1 N–H and O–H groups in total. The number of nitrogens with one attached hydrogen (secondary N) is 1. The number of rotatable bonds is 4. The van der Waals surface area contributed by atoms with Crippen molar-refractivity contribution in [2.75, 3.05) is 11.2 Å². The number of hydrogen-bond acceptors (Lipinski definition) is 3. The SMILES string of the molecule is CCC(C)(CCl)Nc1snc2ccccc12. The predicted octanol–water partition coefficient (Wildman–Crippen LogP) is 4.12. The second kappa shape index (κ2) is 4.60. The van der Waals surface area contributed by atoms with E-state index in [0.29, 0.717) is 5.88 Å². The molecule has 0 spiro atoms. The number of halogens is 1. The lowest BCUT2D eigenvalue weighted by Gasteiger charge is -2.27. The maximum atomic E-state index is 6.00. The molecule has 0 radical (unpaired) electrons. The third-order valence-corrected chi connectivity index (χ3v) is 4.26. The second-order valence-electron chi connectivity index (χ2n) is 4.20. The summed E-state index contributed by atoms with van der Waals surface area (Å²) >= 11 is 7.50. The zero-order chi connectivity index (χ0) is 11.6. The molecule has 0 aliphatic carbocycles. The largest absolute Gasteiger partial charge is 0.369 e. The Kier molecular flexibility index (Phi) is 3.36. The van der Waals surface area contributed by atoms with E-state index in [1.165, 1.54) is 16.9 Å². The van der Waals surface area contributed by atoms with Crippen molar-refractivity contribution < 1.29 is 0 Å². The van der Waals surface area contributed by atoms with Crippen LogP contribution in [0.3, 0.4) is 0 Å². The van der Waals surface area contributed by atoms with E-state index in [0.717, 1.165) is 16.9 Å². The van der Waals surface area contributed by atoms with Crippen molar-refractivity contribution in [1.29, 1.82) is 0 Å². The fourth-order valence-corrected chi connectivity index (χ4v) is 2.64. The quantitative estimate of drug-likeness (QED) is 0.831. The van der Waals surface area contributed by atoms with Crippen LogP contribution < -0.4 is 5.32 Å². The summed E-state index contributed by atoms with van der Waals surface area (Å²) in [5, 5.41) is 5.79. The Morgan fingerprint density at radius 2 is 2.19 bits per heavy atom. The van der Waals surface area contributed by atoms with Gasteiger partial charge in [-0.05, 0) is 37.0 Å². The van der Waals surface area contributed by atoms with E-state index < -0.39 is 0 Å². The zero-order valence-corrected chi connectivity index (χ0v) is 11.0. The van der Waals surface area contributed by atoms with E-state index in [1.54, 1.807) is 0 Å². The Morgan fingerprint density at radius 1 is 1.44 bits per heavy atom. The molecule has 1 atom stereocenters. The van der Waals surface area contributed by atoms with E-state index >= 15 is 0 Å². The lowest BCUT2D eigenvalue weighted by atomic mass is 10.0. The number of anilines is 1. The molecule has 16 heavy (non-hydrogen) atoms. The van der Waals surface area contributed by atoms with Crippen molar-refractivity contribution in [1.82, 2.24) is 4.37 Å². The fourth-order valence-electron chi connectivity index (χ4n) is 1.47. The molecule has 1 aromatic carbocycles. The number of aromatic nitrogens is 1. The Balaban J connectivity index is 2.34. The van der Waals surface area contributed by atoms with Crippen LogP contribution in [0.25, 0.3) is 10.9 Å². The van der Waals surface area contributed by atoms with Crippen LogP contribution in [0.15, 0.2) is 24.3 Å². The van der Waals surface area contributed by atoms with Crippen molar-refractivity contribution in [3.8, 4) is 0 Å². The minimum atomic E-state index is -0.0587. The smallest absolute Gasteiger partial charge is 0.117 e. The van der Waals surface area contributed by atoms with Crippen molar-refractivity contribution in [2.24, 2.45) is 0 Å². The molecule has 0 fully saturated rings. The van der Waals surface area contributed by atoms with Crippen molar-refractivity contribution >= 4 is 39.0 Å². The minimum Gasteiger partial charge on any atom is -0.369 e. The van der Waals surface area contributed by atoms with Gasteiger partial charge in [0.05, 0.1) is 5.52 Å². The van der Waals surface area contributed by atoms with E-state index in [4.69, 9.17) is 11.6 Å². The molecule has 2 rings (SSSR count). The van der Waals surface area contributed by atoms with Gasteiger partial charge in [-0.3, -0.25) is 0 Å². The van der Waals surface area contributed by atoms with Crippen LogP contribution in [-0.4, -0.2) is 15.8 Å². The normalized spacial score (nSPS) is 14.9. The molecule has 0 aliphatic heterocycles. The summed E-state index contributed by atoms with van der Waals surface area (Å²) in [5.41, 5.74) is 0.986. The molecule has 1 aromatic heterocycles. The van der Waals surface area contributed by atoms with Crippen LogP contribution in [0.4, 0.5) is 5.00 Å². The number of alkyl halides is 1. The summed E-state index contributed by atoms with van der Waals surface area (Å²) in [6.07, 6.45) is 0.989. The molecule has 86 valence electrons. The molecular formula is C12H15ClN2S. The highest BCUT2D eigenvalue weighted by atomic mass is 35.5. The van der Waals surface area contributed by atoms with Crippen molar-refractivity contribution in [3.05, 3.63) is 24.3 Å². The third-order valence-electron chi connectivity index (χ3n) is 2.87. The lowest BCUT2D eigenvalue weighted by Crippen LogP contribution is -2.35. The van der Waals surface area contributed by atoms with Crippen LogP contribution in [0, 0.1) is 0 Å². The molecule has 0 bridgehead atoms. The summed E-state index contributed by atoms with van der Waals surface area (Å²) in [7, 11) is 0. The summed E-state index contributed by atoms with van der Waals surface area (Å²) in [4.78, 5) is 0. The second-order valence-corrected chi connectivity index (χ2v) is 5.24. The fraction of sp³-hybridized carbons (Fsp3) is 0.417. The highest BCUT2D eigenvalue weighted by Gasteiger charge is 2.22. The average molecular weight is 255 g/mol. The van der Waals surface area contributed by atoms with Gasteiger partial charge < -0.3 is 5.32 Å².